The van der Waals surface area contributed by atoms with E-state index in [-0.39, 0.29) is 40.8 Å². The van der Waals surface area contributed by atoms with Crippen LogP contribution in [0.3, 0.4) is 0 Å². The van der Waals surface area contributed by atoms with E-state index in [0.717, 1.165) is 31.7 Å². The van der Waals surface area contributed by atoms with Crippen LogP contribution in [0, 0.1) is 17.6 Å². The second kappa shape index (κ2) is 12.5. The Morgan fingerprint density at radius 2 is 1.70 bits per heavy atom. The van der Waals surface area contributed by atoms with Crippen LogP contribution in [0.5, 0.6) is 11.5 Å². The highest BCUT2D eigenvalue weighted by Crippen LogP contribution is 2.29. The standard InChI is InChI=1S/C24H27Cl2F2NO4/c25-21-7-5-19(10-23(21)27)32-13-17(30)4-2-15-1-3-16(9-15)29-12-18(31)14-33-20-6-8-22(26)24(28)11-20/h5-8,10-11,15-16,18,29,31H,1-4,9,12-14H2. The molecule has 1 aliphatic carbocycles. The topological polar surface area (TPSA) is 67.8 Å². The van der Waals surface area contributed by atoms with Gasteiger partial charge in [-0.2, -0.15) is 0 Å². The van der Waals surface area contributed by atoms with Crippen molar-refractivity contribution >= 4 is 29.0 Å². The third kappa shape index (κ3) is 8.41. The van der Waals surface area contributed by atoms with Crippen LogP contribution in [0.1, 0.15) is 32.1 Å². The maximum Gasteiger partial charge on any atom is 0.170 e. The zero-order valence-corrected chi connectivity index (χ0v) is 19.5. The van der Waals surface area contributed by atoms with Crippen molar-refractivity contribution in [2.24, 2.45) is 5.92 Å². The molecule has 0 heterocycles. The van der Waals surface area contributed by atoms with Crippen LogP contribution in [0.15, 0.2) is 36.4 Å². The lowest BCUT2D eigenvalue weighted by atomic mass is 10.00. The lowest BCUT2D eigenvalue weighted by molar-refractivity contribution is -0.121. The average Bonchev–Trinajstić information content (AvgIpc) is 3.25. The Hall–Kier alpha value is -1.93. The average molecular weight is 502 g/mol. The summed E-state index contributed by atoms with van der Waals surface area (Å²) in [5.41, 5.74) is 0. The Morgan fingerprint density at radius 3 is 2.33 bits per heavy atom. The van der Waals surface area contributed by atoms with E-state index in [2.05, 4.69) is 5.32 Å². The molecule has 5 nitrogen and oxygen atoms in total. The molecule has 1 saturated carbocycles. The van der Waals surface area contributed by atoms with Gasteiger partial charge in [-0.05, 0) is 55.9 Å². The third-order valence-electron chi connectivity index (χ3n) is 5.64. The predicted molar refractivity (Wildman–Crippen MR) is 123 cm³/mol. The van der Waals surface area contributed by atoms with Gasteiger partial charge in [-0.25, -0.2) is 8.78 Å². The van der Waals surface area contributed by atoms with Gasteiger partial charge in [-0.1, -0.05) is 23.2 Å². The fourth-order valence-electron chi connectivity index (χ4n) is 3.81. The number of ether oxygens (including phenoxy) is 2. The number of hydrogen-bond acceptors (Lipinski definition) is 5. The zero-order chi connectivity index (χ0) is 23.8. The van der Waals surface area contributed by atoms with Gasteiger partial charge in [-0.3, -0.25) is 4.79 Å². The maximum atomic E-state index is 13.4. The molecule has 0 radical (unpaired) electrons. The zero-order valence-electron chi connectivity index (χ0n) is 18.0. The largest absolute Gasteiger partial charge is 0.491 e. The van der Waals surface area contributed by atoms with Crippen molar-refractivity contribution in [3.63, 3.8) is 0 Å². The summed E-state index contributed by atoms with van der Waals surface area (Å²) in [6.45, 7) is 0.299. The van der Waals surface area contributed by atoms with Gasteiger partial charge in [0.1, 0.15) is 42.5 Å². The highest BCUT2D eigenvalue weighted by Gasteiger charge is 2.25. The van der Waals surface area contributed by atoms with Crippen LogP contribution >= 0.6 is 23.2 Å². The quantitative estimate of drug-likeness (QED) is 0.418. The number of Topliss-reactive ketones (excluding diaryl/α,β-unsaturated/α-hetero) is 1. The lowest BCUT2D eigenvalue weighted by Gasteiger charge is -2.17. The number of hydrogen-bond donors (Lipinski definition) is 2. The molecule has 9 heteroatoms. The molecule has 0 aromatic heterocycles. The second-order valence-electron chi connectivity index (χ2n) is 8.27. The van der Waals surface area contributed by atoms with E-state index in [9.17, 15) is 18.7 Å². The number of nitrogens with one attached hydrogen (secondary N) is 1. The van der Waals surface area contributed by atoms with Crippen molar-refractivity contribution in [2.45, 2.75) is 44.2 Å². The molecule has 180 valence electrons. The van der Waals surface area contributed by atoms with Crippen molar-refractivity contribution in [1.29, 1.82) is 0 Å². The molecule has 0 bridgehead atoms. The van der Waals surface area contributed by atoms with E-state index in [1.165, 1.54) is 24.3 Å². The monoisotopic (exact) mass is 501 g/mol. The van der Waals surface area contributed by atoms with Crippen LogP contribution in [0.25, 0.3) is 0 Å². The first kappa shape index (κ1) is 25.7. The van der Waals surface area contributed by atoms with Gasteiger partial charge in [-0.15, -0.1) is 0 Å². The molecule has 3 atom stereocenters. The summed E-state index contributed by atoms with van der Waals surface area (Å²) in [5.74, 6) is -0.173. The van der Waals surface area contributed by atoms with Gasteiger partial charge in [0.05, 0.1) is 10.0 Å². The number of aliphatic hydroxyl groups is 1. The Balaban J connectivity index is 1.28. The molecule has 0 aliphatic heterocycles. The van der Waals surface area contributed by atoms with Crippen LogP contribution < -0.4 is 14.8 Å². The first-order valence-electron chi connectivity index (χ1n) is 10.9. The molecule has 33 heavy (non-hydrogen) atoms. The SMILES string of the molecule is O=C(CCC1CCC(NCC(O)COc2ccc(Cl)c(F)c2)C1)COc1ccc(Cl)c(F)c1. The molecular weight excluding hydrogens is 475 g/mol. The number of rotatable bonds is 12. The van der Waals surface area contributed by atoms with Gasteiger partial charge >= 0.3 is 0 Å². The minimum atomic E-state index is -0.737. The van der Waals surface area contributed by atoms with Crippen molar-refractivity contribution < 1.29 is 28.2 Å². The summed E-state index contributed by atoms with van der Waals surface area (Å²) in [5, 5.41) is 13.5. The molecule has 3 unspecified atom stereocenters. The number of carbonyl (C=O) groups is 1. The summed E-state index contributed by atoms with van der Waals surface area (Å²) >= 11 is 11.3. The van der Waals surface area contributed by atoms with Crippen LogP contribution in [-0.2, 0) is 4.79 Å². The third-order valence-corrected chi connectivity index (χ3v) is 6.25. The Labute approximate surface area is 202 Å². The van der Waals surface area contributed by atoms with Crippen molar-refractivity contribution in [3.8, 4) is 11.5 Å². The molecule has 0 saturated heterocycles. The van der Waals surface area contributed by atoms with Crippen LogP contribution in [-0.4, -0.2) is 42.8 Å². The summed E-state index contributed by atoms with van der Waals surface area (Å²) in [7, 11) is 0. The highest BCUT2D eigenvalue weighted by molar-refractivity contribution is 6.31. The molecule has 3 rings (SSSR count). The molecular formula is C24H27Cl2F2NO4. The summed E-state index contributed by atoms with van der Waals surface area (Å²) < 4.78 is 37.6. The Morgan fingerprint density at radius 1 is 1.06 bits per heavy atom. The van der Waals surface area contributed by atoms with Crippen LogP contribution in [0.2, 0.25) is 10.0 Å². The fourth-order valence-corrected chi connectivity index (χ4v) is 4.05. The number of carbonyl (C=O) groups excluding carboxylic acids is 1. The van der Waals surface area contributed by atoms with Gasteiger partial charge in [0.2, 0.25) is 0 Å². The molecule has 2 aromatic rings. The number of benzene rings is 2. The normalized spacial score (nSPS) is 18.8. The molecule has 0 spiro atoms. The summed E-state index contributed by atoms with van der Waals surface area (Å²) in [6.07, 6.45) is 3.33. The summed E-state index contributed by atoms with van der Waals surface area (Å²) in [6, 6.07) is 8.49. The van der Waals surface area contributed by atoms with Crippen molar-refractivity contribution in [3.05, 3.63) is 58.1 Å². The van der Waals surface area contributed by atoms with E-state index in [1.54, 1.807) is 6.07 Å². The van der Waals surface area contributed by atoms with Crippen LogP contribution in [0.4, 0.5) is 8.78 Å². The molecule has 1 fully saturated rings. The molecule has 0 amide bonds. The molecule has 2 aromatic carbocycles. The predicted octanol–water partition coefficient (Wildman–Crippen LogP) is 5.20. The van der Waals surface area contributed by atoms with Gasteiger partial charge < -0.3 is 19.9 Å². The number of aliphatic hydroxyl groups excluding tert-OH is 1. The number of ketones is 1. The van der Waals surface area contributed by atoms with E-state index in [1.807, 2.05) is 0 Å². The lowest BCUT2D eigenvalue weighted by Crippen LogP contribution is -2.36. The highest BCUT2D eigenvalue weighted by atomic mass is 35.5. The Bertz CT molecular complexity index is 947. The smallest absolute Gasteiger partial charge is 0.170 e. The maximum absolute atomic E-state index is 13.4. The second-order valence-corrected chi connectivity index (χ2v) is 9.08. The first-order valence-corrected chi connectivity index (χ1v) is 11.6. The van der Waals surface area contributed by atoms with Gasteiger partial charge in [0, 0.05) is 31.1 Å². The van der Waals surface area contributed by atoms with Crippen molar-refractivity contribution in [1.82, 2.24) is 5.32 Å². The van der Waals surface area contributed by atoms with Gasteiger partial charge in [0.15, 0.2) is 5.78 Å². The van der Waals surface area contributed by atoms with E-state index < -0.39 is 17.7 Å². The molecule has 2 N–H and O–H groups in total. The first-order chi connectivity index (χ1) is 15.8. The minimum Gasteiger partial charge on any atom is -0.491 e. The van der Waals surface area contributed by atoms with E-state index in [0.29, 0.717) is 24.6 Å². The van der Waals surface area contributed by atoms with Gasteiger partial charge in [0.25, 0.3) is 0 Å². The van der Waals surface area contributed by atoms with E-state index >= 15 is 0 Å². The fraction of sp³-hybridized carbons (Fsp3) is 0.458. The minimum absolute atomic E-state index is 0.00932. The van der Waals surface area contributed by atoms with Crippen molar-refractivity contribution in [2.75, 3.05) is 19.8 Å². The summed E-state index contributed by atoms with van der Waals surface area (Å²) in [4.78, 5) is 12.1. The van der Waals surface area contributed by atoms with E-state index in [4.69, 9.17) is 32.7 Å². The number of halogens is 4. The Kier molecular flexibility index (Phi) is 9.74. The molecule has 1 aliphatic rings.